The molecule has 0 aliphatic carbocycles. The van der Waals surface area contributed by atoms with Crippen LogP contribution in [0.15, 0.2) is 23.2 Å². The minimum atomic E-state index is 0. The molecule has 0 heterocycles. The second-order valence-electron chi connectivity index (χ2n) is 5.36. The van der Waals surface area contributed by atoms with Crippen LogP contribution in [0.1, 0.15) is 27.2 Å². The third-order valence-corrected chi connectivity index (χ3v) is 3.66. The first-order valence-electron chi connectivity index (χ1n) is 8.69. The number of nitrogens with one attached hydrogen (secondary N) is 2. The van der Waals surface area contributed by atoms with Crippen molar-refractivity contribution in [1.29, 1.82) is 0 Å². The average molecular weight is 464 g/mol. The van der Waals surface area contributed by atoms with Crippen LogP contribution in [0.5, 0.6) is 11.5 Å². The highest BCUT2D eigenvalue weighted by molar-refractivity contribution is 14.0. The summed E-state index contributed by atoms with van der Waals surface area (Å²) in [5.74, 6) is 2.19. The van der Waals surface area contributed by atoms with E-state index >= 15 is 0 Å². The molecule has 0 radical (unpaired) electrons. The van der Waals surface area contributed by atoms with Crippen molar-refractivity contribution in [3.8, 4) is 11.5 Å². The van der Waals surface area contributed by atoms with E-state index in [1.807, 2.05) is 25.1 Å². The van der Waals surface area contributed by atoms with Crippen molar-refractivity contribution < 1.29 is 9.47 Å². The molecule has 2 N–H and O–H groups in total. The van der Waals surface area contributed by atoms with E-state index in [-0.39, 0.29) is 24.0 Å². The molecule has 1 aromatic rings. The second kappa shape index (κ2) is 14.0. The van der Waals surface area contributed by atoms with E-state index in [0.29, 0.717) is 6.61 Å². The second-order valence-corrected chi connectivity index (χ2v) is 5.36. The van der Waals surface area contributed by atoms with Crippen molar-refractivity contribution in [3.63, 3.8) is 0 Å². The third-order valence-electron chi connectivity index (χ3n) is 3.66. The van der Waals surface area contributed by atoms with E-state index in [1.54, 1.807) is 14.2 Å². The Balaban J connectivity index is 0.00000576. The Labute approximate surface area is 169 Å². The number of hydrogen-bond donors (Lipinski definition) is 2. The van der Waals surface area contributed by atoms with Gasteiger partial charge in [-0.15, -0.1) is 24.0 Å². The lowest BCUT2D eigenvalue weighted by Crippen LogP contribution is -2.38. The number of methoxy groups -OCH3 is 1. The summed E-state index contributed by atoms with van der Waals surface area (Å²) in [6.45, 7) is 11.0. The summed E-state index contributed by atoms with van der Waals surface area (Å²) in [6, 6.07) is 5.76. The van der Waals surface area contributed by atoms with E-state index in [2.05, 4.69) is 34.4 Å². The Morgan fingerprint density at radius 2 is 1.92 bits per heavy atom. The first-order valence-corrected chi connectivity index (χ1v) is 8.69. The highest BCUT2D eigenvalue weighted by atomic mass is 127. The number of aliphatic imine (C=N–C) groups is 1. The fraction of sp³-hybridized carbons (Fsp3) is 0.611. The number of likely N-dealkylation sites (N-methyl/N-ethyl adjacent to an activating group) is 1. The van der Waals surface area contributed by atoms with Crippen molar-refractivity contribution in [1.82, 2.24) is 10.2 Å². The number of rotatable bonds is 10. The molecule has 0 aliphatic rings. The first kappa shape index (κ1) is 23.8. The van der Waals surface area contributed by atoms with Crippen LogP contribution in [-0.4, -0.2) is 57.8 Å². The first-order chi connectivity index (χ1) is 11.7. The van der Waals surface area contributed by atoms with Crippen LogP contribution in [-0.2, 0) is 0 Å². The molecule has 0 amide bonds. The van der Waals surface area contributed by atoms with E-state index in [4.69, 9.17) is 9.47 Å². The normalized spacial score (nSPS) is 11.0. The van der Waals surface area contributed by atoms with Gasteiger partial charge in [-0.1, -0.05) is 13.8 Å². The van der Waals surface area contributed by atoms with Gasteiger partial charge >= 0.3 is 0 Å². The average Bonchev–Trinajstić information content (AvgIpc) is 2.60. The zero-order valence-corrected chi connectivity index (χ0v) is 18.4. The van der Waals surface area contributed by atoms with Crippen LogP contribution in [0.4, 0.5) is 5.69 Å². The standard InChI is InChI=1S/C18H32N4O2.HI/c1-6-12-22(7-2)13-11-20-18(19-4)21-15-9-10-16(23-5)17(14-15)24-8-3;/h9-10,14H,6-8,11-13H2,1-5H3,(H2,19,20,21);1H. The Morgan fingerprint density at radius 1 is 1.16 bits per heavy atom. The Morgan fingerprint density at radius 3 is 2.48 bits per heavy atom. The number of benzene rings is 1. The van der Waals surface area contributed by atoms with E-state index < -0.39 is 0 Å². The molecule has 0 saturated heterocycles. The van der Waals surface area contributed by atoms with E-state index in [9.17, 15) is 0 Å². The van der Waals surface area contributed by atoms with Crippen molar-refractivity contribution in [2.45, 2.75) is 27.2 Å². The quantitative estimate of drug-likeness (QED) is 0.316. The summed E-state index contributed by atoms with van der Waals surface area (Å²) < 4.78 is 10.9. The summed E-state index contributed by atoms with van der Waals surface area (Å²) in [5.41, 5.74) is 0.910. The van der Waals surface area contributed by atoms with Crippen LogP contribution in [0.25, 0.3) is 0 Å². The van der Waals surface area contributed by atoms with Gasteiger partial charge in [0.05, 0.1) is 13.7 Å². The van der Waals surface area contributed by atoms with Crippen molar-refractivity contribution in [2.75, 3.05) is 52.3 Å². The molecule has 25 heavy (non-hydrogen) atoms. The lowest BCUT2D eigenvalue weighted by molar-refractivity contribution is 0.293. The van der Waals surface area contributed by atoms with Crippen LogP contribution >= 0.6 is 24.0 Å². The van der Waals surface area contributed by atoms with Crippen LogP contribution < -0.4 is 20.1 Å². The molecule has 0 fully saturated rings. The lowest BCUT2D eigenvalue weighted by Gasteiger charge is -2.20. The molecule has 0 saturated carbocycles. The van der Waals surface area contributed by atoms with Gasteiger partial charge in [-0.05, 0) is 38.6 Å². The minimum absolute atomic E-state index is 0. The van der Waals surface area contributed by atoms with Gasteiger partial charge in [0.15, 0.2) is 17.5 Å². The molecule has 1 rings (SSSR count). The van der Waals surface area contributed by atoms with Gasteiger partial charge < -0.3 is 25.0 Å². The molecule has 0 bridgehead atoms. The SMILES string of the molecule is CCCN(CC)CCNC(=NC)Nc1ccc(OC)c(OCC)c1.I. The van der Waals surface area contributed by atoms with Gasteiger partial charge in [-0.25, -0.2) is 0 Å². The predicted molar refractivity (Wildman–Crippen MR) is 117 cm³/mol. The van der Waals surface area contributed by atoms with Crippen molar-refractivity contribution in [3.05, 3.63) is 18.2 Å². The van der Waals surface area contributed by atoms with Gasteiger partial charge in [0.25, 0.3) is 0 Å². The highest BCUT2D eigenvalue weighted by Gasteiger charge is 2.07. The molecular weight excluding hydrogens is 431 g/mol. The van der Waals surface area contributed by atoms with Crippen LogP contribution in [0.3, 0.4) is 0 Å². The molecule has 1 aromatic carbocycles. The smallest absolute Gasteiger partial charge is 0.195 e. The fourth-order valence-electron chi connectivity index (χ4n) is 2.42. The zero-order valence-electron chi connectivity index (χ0n) is 16.1. The summed E-state index contributed by atoms with van der Waals surface area (Å²) >= 11 is 0. The molecule has 144 valence electrons. The summed E-state index contributed by atoms with van der Waals surface area (Å²) in [7, 11) is 3.41. The maximum atomic E-state index is 5.61. The highest BCUT2D eigenvalue weighted by Crippen LogP contribution is 2.30. The van der Waals surface area contributed by atoms with Crippen LogP contribution in [0.2, 0.25) is 0 Å². The largest absolute Gasteiger partial charge is 0.493 e. The minimum Gasteiger partial charge on any atom is -0.493 e. The van der Waals surface area contributed by atoms with Gasteiger partial charge in [0, 0.05) is 31.9 Å². The van der Waals surface area contributed by atoms with Gasteiger partial charge in [0.2, 0.25) is 0 Å². The maximum Gasteiger partial charge on any atom is 0.195 e. The van der Waals surface area contributed by atoms with Crippen molar-refractivity contribution in [2.24, 2.45) is 4.99 Å². The Kier molecular flexibility index (Phi) is 13.3. The number of ether oxygens (including phenoxy) is 2. The summed E-state index contributed by atoms with van der Waals surface area (Å²) in [5, 5.41) is 6.63. The van der Waals surface area contributed by atoms with Gasteiger partial charge in [-0.2, -0.15) is 0 Å². The zero-order chi connectivity index (χ0) is 17.8. The third kappa shape index (κ3) is 8.62. The predicted octanol–water partition coefficient (Wildman–Crippen LogP) is 3.43. The molecule has 0 aliphatic heterocycles. The number of anilines is 1. The van der Waals surface area contributed by atoms with E-state index in [1.165, 1.54) is 6.42 Å². The molecular formula is C18H33IN4O2. The Bertz CT molecular complexity index is 512. The number of hydrogen-bond acceptors (Lipinski definition) is 4. The molecule has 0 atom stereocenters. The molecule has 6 nitrogen and oxygen atoms in total. The summed E-state index contributed by atoms with van der Waals surface area (Å²) in [4.78, 5) is 6.69. The van der Waals surface area contributed by atoms with Gasteiger partial charge in [-0.3, -0.25) is 4.99 Å². The summed E-state index contributed by atoms with van der Waals surface area (Å²) in [6.07, 6.45) is 1.17. The Hall–Kier alpha value is -1.22. The molecule has 0 unspecified atom stereocenters. The number of halogens is 1. The number of guanidine groups is 1. The fourth-order valence-corrected chi connectivity index (χ4v) is 2.42. The number of nitrogens with zero attached hydrogens (tertiary/aromatic N) is 2. The molecule has 0 spiro atoms. The maximum absolute atomic E-state index is 5.61. The monoisotopic (exact) mass is 464 g/mol. The van der Waals surface area contributed by atoms with E-state index in [0.717, 1.165) is 49.3 Å². The molecule has 0 aromatic heterocycles. The molecule has 7 heteroatoms. The topological polar surface area (TPSA) is 58.1 Å². The van der Waals surface area contributed by atoms with Crippen molar-refractivity contribution >= 4 is 35.6 Å². The van der Waals surface area contributed by atoms with Gasteiger partial charge in [0.1, 0.15) is 0 Å². The lowest BCUT2D eigenvalue weighted by atomic mass is 10.2. The van der Waals surface area contributed by atoms with Crippen LogP contribution in [0, 0.1) is 0 Å².